The van der Waals surface area contributed by atoms with E-state index in [-0.39, 0.29) is 5.69 Å². The van der Waals surface area contributed by atoms with Crippen molar-refractivity contribution in [2.24, 2.45) is 0 Å². The molecule has 5 nitrogen and oxygen atoms in total. The summed E-state index contributed by atoms with van der Waals surface area (Å²) in [6, 6.07) is 4.31. The van der Waals surface area contributed by atoms with Crippen LogP contribution in [0.3, 0.4) is 0 Å². The number of aromatic nitrogens is 1. The molecule has 0 aliphatic rings. The van der Waals surface area contributed by atoms with E-state index in [4.69, 9.17) is 4.74 Å². The molecule has 1 N–H and O–H groups in total. The highest BCUT2D eigenvalue weighted by atomic mass is 32.1. The van der Waals surface area contributed by atoms with Crippen molar-refractivity contribution < 1.29 is 18.7 Å². The maximum atomic E-state index is 13.6. The largest absolute Gasteiger partial charge is 0.497 e. The lowest BCUT2D eigenvalue weighted by molar-refractivity contribution is 0.0606. The predicted molar refractivity (Wildman–Crippen MR) is 69.7 cm³/mol. The molecule has 0 amide bonds. The van der Waals surface area contributed by atoms with E-state index in [2.05, 4.69) is 15.0 Å². The van der Waals surface area contributed by atoms with Gasteiger partial charge >= 0.3 is 5.97 Å². The molecule has 0 saturated carbocycles. The number of nitrogens with one attached hydrogen (secondary N) is 1. The standard InChI is InChI=1S/C12H11FN2O3S/c1-17-7-3-4-8(13)9(5-7)15-12-14-6-10(19-12)11(16)18-2/h3-6H,1-2H3,(H,14,15). The first-order valence-corrected chi connectivity index (χ1v) is 6.10. The summed E-state index contributed by atoms with van der Waals surface area (Å²) in [6.45, 7) is 0. The van der Waals surface area contributed by atoms with Gasteiger partial charge in [-0.3, -0.25) is 0 Å². The summed E-state index contributed by atoms with van der Waals surface area (Å²) in [5, 5.41) is 3.19. The van der Waals surface area contributed by atoms with Gasteiger partial charge in [0.25, 0.3) is 0 Å². The molecule has 0 saturated heterocycles. The number of thiazole rings is 1. The molecule has 2 aromatic rings. The highest BCUT2D eigenvalue weighted by molar-refractivity contribution is 7.17. The maximum Gasteiger partial charge on any atom is 0.349 e. The fraction of sp³-hybridized carbons (Fsp3) is 0.167. The summed E-state index contributed by atoms with van der Waals surface area (Å²) in [4.78, 5) is 15.6. The third-order valence-electron chi connectivity index (χ3n) is 2.31. The van der Waals surface area contributed by atoms with Gasteiger partial charge < -0.3 is 14.8 Å². The molecule has 0 radical (unpaired) electrons. The van der Waals surface area contributed by atoms with Crippen molar-refractivity contribution in [2.45, 2.75) is 0 Å². The molecule has 0 spiro atoms. The van der Waals surface area contributed by atoms with Crippen LogP contribution in [0, 0.1) is 5.82 Å². The van der Waals surface area contributed by atoms with Crippen LogP contribution in [0.1, 0.15) is 9.67 Å². The van der Waals surface area contributed by atoms with E-state index in [1.165, 1.54) is 38.6 Å². The average molecular weight is 282 g/mol. The van der Waals surface area contributed by atoms with Crippen molar-refractivity contribution in [3.63, 3.8) is 0 Å². The number of esters is 1. The molecule has 0 atom stereocenters. The lowest BCUT2D eigenvalue weighted by Crippen LogP contribution is -1.96. The summed E-state index contributed by atoms with van der Waals surface area (Å²) < 4.78 is 23.2. The number of rotatable bonds is 4. The Morgan fingerprint density at radius 2 is 2.21 bits per heavy atom. The molecule has 1 aromatic carbocycles. The SMILES string of the molecule is COC(=O)c1cnc(Nc2cc(OC)ccc2F)s1. The number of anilines is 2. The minimum absolute atomic E-state index is 0.227. The molecular formula is C12H11FN2O3S. The Balaban J connectivity index is 2.21. The molecule has 1 heterocycles. The Morgan fingerprint density at radius 3 is 2.89 bits per heavy atom. The second-order valence-electron chi connectivity index (χ2n) is 3.49. The van der Waals surface area contributed by atoms with Crippen LogP contribution in [0.15, 0.2) is 24.4 Å². The second kappa shape index (κ2) is 5.66. The van der Waals surface area contributed by atoms with Gasteiger partial charge in [-0.05, 0) is 12.1 Å². The molecular weight excluding hydrogens is 271 g/mol. The van der Waals surface area contributed by atoms with E-state index in [1.54, 1.807) is 0 Å². The summed E-state index contributed by atoms with van der Waals surface area (Å²) in [6.07, 6.45) is 1.37. The van der Waals surface area contributed by atoms with Crippen LogP contribution in [0.5, 0.6) is 5.75 Å². The molecule has 0 aliphatic carbocycles. The van der Waals surface area contributed by atoms with Gasteiger partial charge in [-0.2, -0.15) is 0 Å². The first kappa shape index (κ1) is 13.3. The van der Waals surface area contributed by atoms with Crippen LogP contribution in [0.4, 0.5) is 15.2 Å². The van der Waals surface area contributed by atoms with Crippen molar-refractivity contribution in [1.82, 2.24) is 4.98 Å². The highest BCUT2D eigenvalue weighted by Gasteiger charge is 2.12. The third kappa shape index (κ3) is 3.00. The maximum absolute atomic E-state index is 13.6. The summed E-state index contributed by atoms with van der Waals surface area (Å²) in [7, 11) is 2.78. The average Bonchev–Trinajstić information content (AvgIpc) is 2.89. The molecule has 0 unspecified atom stereocenters. The van der Waals surface area contributed by atoms with Gasteiger partial charge in [0.15, 0.2) is 5.13 Å². The Kier molecular flexibility index (Phi) is 3.96. The quantitative estimate of drug-likeness (QED) is 0.874. The number of ether oxygens (including phenoxy) is 2. The number of halogens is 1. The van der Waals surface area contributed by atoms with Crippen LogP contribution in [-0.4, -0.2) is 25.2 Å². The summed E-state index contributed by atoms with van der Waals surface area (Å²) in [5.74, 6) is -0.388. The summed E-state index contributed by atoms with van der Waals surface area (Å²) >= 11 is 1.08. The van der Waals surface area contributed by atoms with E-state index >= 15 is 0 Å². The number of methoxy groups -OCH3 is 2. The normalized spacial score (nSPS) is 10.1. The summed E-state index contributed by atoms with van der Waals surface area (Å²) in [5.41, 5.74) is 0.227. The van der Waals surface area contributed by atoms with Crippen molar-refractivity contribution >= 4 is 28.1 Å². The molecule has 0 fully saturated rings. The van der Waals surface area contributed by atoms with E-state index in [0.29, 0.717) is 15.8 Å². The number of nitrogens with zero attached hydrogens (tertiary/aromatic N) is 1. The minimum Gasteiger partial charge on any atom is -0.497 e. The number of hydrogen-bond acceptors (Lipinski definition) is 6. The van der Waals surface area contributed by atoms with Crippen LogP contribution < -0.4 is 10.1 Å². The van der Waals surface area contributed by atoms with Gasteiger partial charge in [-0.15, -0.1) is 0 Å². The lowest BCUT2D eigenvalue weighted by atomic mass is 10.3. The Bertz CT molecular complexity index is 600. The van der Waals surface area contributed by atoms with Crippen LogP contribution in [-0.2, 0) is 4.74 Å². The Labute approximate surface area is 113 Å². The number of carbonyl (C=O) groups excluding carboxylic acids is 1. The van der Waals surface area contributed by atoms with Crippen molar-refractivity contribution in [2.75, 3.05) is 19.5 Å². The first-order chi connectivity index (χ1) is 9.13. The first-order valence-electron chi connectivity index (χ1n) is 5.28. The topological polar surface area (TPSA) is 60.5 Å². The fourth-order valence-corrected chi connectivity index (χ4v) is 2.12. The van der Waals surface area contributed by atoms with Crippen molar-refractivity contribution in [3.8, 4) is 5.75 Å². The molecule has 100 valence electrons. The van der Waals surface area contributed by atoms with Gasteiger partial charge in [-0.1, -0.05) is 11.3 Å². The molecule has 1 aromatic heterocycles. The monoisotopic (exact) mass is 282 g/mol. The van der Waals surface area contributed by atoms with E-state index in [0.717, 1.165) is 11.3 Å². The van der Waals surface area contributed by atoms with Crippen LogP contribution >= 0.6 is 11.3 Å². The lowest BCUT2D eigenvalue weighted by Gasteiger charge is -2.06. The molecule has 0 bridgehead atoms. The van der Waals surface area contributed by atoms with Gasteiger partial charge in [0.2, 0.25) is 0 Å². The molecule has 0 aliphatic heterocycles. The van der Waals surface area contributed by atoms with Gasteiger partial charge in [0, 0.05) is 6.07 Å². The van der Waals surface area contributed by atoms with E-state index in [9.17, 15) is 9.18 Å². The second-order valence-corrected chi connectivity index (χ2v) is 4.52. The number of hydrogen-bond donors (Lipinski definition) is 1. The Morgan fingerprint density at radius 1 is 1.42 bits per heavy atom. The fourth-order valence-electron chi connectivity index (χ4n) is 1.37. The number of carbonyl (C=O) groups is 1. The zero-order valence-electron chi connectivity index (χ0n) is 10.3. The molecule has 19 heavy (non-hydrogen) atoms. The zero-order chi connectivity index (χ0) is 13.8. The van der Waals surface area contributed by atoms with Crippen molar-refractivity contribution in [3.05, 3.63) is 35.1 Å². The Hall–Kier alpha value is -2.15. The van der Waals surface area contributed by atoms with E-state index < -0.39 is 11.8 Å². The highest BCUT2D eigenvalue weighted by Crippen LogP contribution is 2.27. The predicted octanol–water partition coefficient (Wildman–Crippen LogP) is 2.82. The smallest absolute Gasteiger partial charge is 0.349 e. The van der Waals surface area contributed by atoms with Crippen molar-refractivity contribution in [1.29, 1.82) is 0 Å². The molecule has 7 heteroatoms. The van der Waals surface area contributed by atoms with Crippen LogP contribution in [0.2, 0.25) is 0 Å². The minimum atomic E-state index is -0.475. The van der Waals surface area contributed by atoms with Gasteiger partial charge in [-0.25, -0.2) is 14.2 Å². The molecule has 2 rings (SSSR count). The number of benzene rings is 1. The van der Waals surface area contributed by atoms with E-state index in [1.807, 2.05) is 0 Å². The van der Waals surface area contributed by atoms with Crippen LogP contribution in [0.25, 0.3) is 0 Å². The third-order valence-corrected chi connectivity index (χ3v) is 3.20. The van der Waals surface area contributed by atoms with Gasteiger partial charge in [0.1, 0.15) is 16.4 Å². The zero-order valence-corrected chi connectivity index (χ0v) is 11.1. The van der Waals surface area contributed by atoms with Gasteiger partial charge in [0.05, 0.1) is 26.1 Å².